The summed E-state index contributed by atoms with van der Waals surface area (Å²) in [5.74, 6) is -2.94. The lowest BCUT2D eigenvalue weighted by atomic mass is 9.83. The van der Waals surface area contributed by atoms with Crippen LogP contribution in [-0.4, -0.2) is 42.5 Å². The second-order valence-corrected chi connectivity index (χ2v) is 9.30. The van der Waals surface area contributed by atoms with Crippen LogP contribution in [0.25, 0.3) is 5.69 Å². The maximum absolute atomic E-state index is 13.9. The molecule has 2 atom stereocenters. The smallest absolute Gasteiger partial charge is 0.248 e. The van der Waals surface area contributed by atoms with Gasteiger partial charge in [0.05, 0.1) is 24.2 Å². The minimum atomic E-state index is -3.47. The second-order valence-electron chi connectivity index (χ2n) is 7.25. The number of aromatic nitrogens is 2. The van der Waals surface area contributed by atoms with Crippen molar-refractivity contribution in [3.05, 3.63) is 42.2 Å². The van der Waals surface area contributed by atoms with Crippen LogP contribution in [0.4, 0.5) is 8.78 Å². The summed E-state index contributed by atoms with van der Waals surface area (Å²) < 4.78 is 61.5. The van der Waals surface area contributed by atoms with Gasteiger partial charge in [-0.3, -0.25) is 0 Å². The number of benzene rings is 1. The Bertz CT molecular complexity index is 897. The number of ether oxygens (including phenoxy) is 1. The van der Waals surface area contributed by atoms with Crippen molar-refractivity contribution in [2.24, 2.45) is 5.92 Å². The van der Waals surface area contributed by atoms with E-state index in [2.05, 4.69) is 9.82 Å². The fraction of sp³-hybridized carbons (Fsp3) is 0.526. The molecule has 1 aliphatic rings. The molecular weight excluding hydrogens is 388 g/mol. The Balaban J connectivity index is 1.66. The topological polar surface area (TPSA) is 73.2 Å². The van der Waals surface area contributed by atoms with Crippen molar-refractivity contribution < 1.29 is 21.9 Å². The molecule has 1 saturated carbocycles. The maximum atomic E-state index is 13.9. The standard InChI is InChI=1S/C19H25F2N3O3S/c1-3-28(25,26)23-18-8-9-19(20,21)10-15(18)13-27-17-6-4-16(5-7-17)24-12-14(2)11-22-24/h4-7,11-12,15,18,23H,3,8-10,13H2,1-2H3/t15-,18+/m0/s1. The molecule has 1 heterocycles. The third kappa shape index (κ3) is 5.29. The zero-order valence-corrected chi connectivity index (χ0v) is 16.8. The van der Waals surface area contributed by atoms with Crippen LogP contribution in [-0.2, 0) is 10.0 Å². The molecule has 1 aliphatic carbocycles. The van der Waals surface area contributed by atoms with E-state index in [4.69, 9.17) is 4.74 Å². The fourth-order valence-electron chi connectivity index (χ4n) is 3.33. The Morgan fingerprint density at radius 2 is 2.04 bits per heavy atom. The van der Waals surface area contributed by atoms with E-state index in [1.807, 2.05) is 25.3 Å². The van der Waals surface area contributed by atoms with Gasteiger partial charge < -0.3 is 4.74 Å². The molecule has 1 aromatic heterocycles. The van der Waals surface area contributed by atoms with Crippen LogP contribution < -0.4 is 9.46 Å². The largest absolute Gasteiger partial charge is 0.493 e. The first kappa shape index (κ1) is 20.7. The highest BCUT2D eigenvalue weighted by molar-refractivity contribution is 7.89. The van der Waals surface area contributed by atoms with Gasteiger partial charge in [-0.2, -0.15) is 5.10 Å². The predicted molar refractivity (Wildman–Crippen MR) is 102 cm³/mol. The zero-order valence-electron chi connectivity index (χ0n) is 15.9. The van der Waals surface area contributed by atoms with Gasteiger partial charge in [-0.25, -0.2) is 26.6 Å². The molecule has 0 saturated heterocycles. The van der Waals surface area contributed by atoms with Crippen LogP contribution in [0.3, 0.4) is 0 Å². The van der Waals surface area contributed by atoms with E-state index < -0.39 is 34.3 Å². The summed E-state index contributed by atoms with van der Waals surface area (Å²) in [5.41, 5.74) is 1.90. The third-order valence-electron chi connectivity index (χ3n) is 4.94. The summed E-state index contributed by atoms with van der Waals surface area (Å²) in [5, 5.41) is 4.23. The quantitative estimate of drug-likeness (QED) is 0.756. The SMILES string of the molecule is CCS(=O)(=O)N[C@@H]1CCC(F)(F)C[C@H]1COc1ccc(-n2cc(C)cn2)cc1. The molecule has 1 aromatic carbocycles. The van der Waals surface area contributed by atoms with Crippen LogP contribution >= 0.6 is 0 Å². The van der Waals surface area contributed by atoms with Gasteiger partial charge in [-0.15, -0.1) is 0 Å². The van der Waals surface area contributed by atoms with E-state index in [0.717, 1.165) is 11.3 Å². The molecular formula is C19H25F2N3O3S. The fourth-order valence-corrected chi connectivity index (χ4v) is 4.27. The Hall–Kier alpha value is -2.00. The first-order chi connectivity index (χ1) is 13.2. The molecule has 1 fully saturated rings. The number of hydrogen-bond acceptors (Lipinski definition) is 4. The number of nitrogens with zero attached hydrogens (tertiary/aromatic N) is 2. The van der Waals surface area contributed by atoms with Crippen molar-refractivity contribution in [3.63, 3.8) is 0 Å². The number of halogens is 2. The normalized spacial score (nSPS) is 22.1. The Kier molecular flexibility index (Phi) is 6.04. The van der Waals surface area contributed by atoms with Crippen molar-refractivity contribution in [2.45, 2.75) is 45.1 Å². The summed E-state index contributed by atoms with van der Waals surface area (Å²) in [6, 6.07) is 6.61. The third-order valence-corrected chi connectivity index (χ3v) is 6.36. The molecule has 0 radical (unpaired) electrons. The number of alkyl halides is 2. The van der Waals surface area contributed by atoms with Crippen LogP contribution in [0.1, 0.15) is 31.7 Å². The molecule has 0 amide bonds. The van der Waals surface area contributed by atoms with Crippen LogP contribution in [0.5, 0.6) is 5.75 Å². The number of nitrogens with one attached hydrogen (secondary N) is 1. The van der Waals surface area contributed by atoms with Gasteiger partial charge in [0.2, 0.25) is 15.9 Å². The van der Waals surface area contributed by atoms with Crippen LogP contribution in [0, 0.1) is 12.8 Å². The predicted octanol–water partition coefficient (Wildman–Crippen LogP) is 3.30. The maximum Gasteiger partial charge on any atom is 0.248 e. The summed E-state index contributed by atoms with van der Waals surface area (Å²) in [6.45, 7) is 3.49. The Morgan fingerprint density at radius 3 is 2.64 bits per heavy atom. The van der Waals surface area contributed by atoms with Gasteiger partial charge >= 0.3 is 0 Å². The molecule has 6 nitrogen and oxygen atoms in total. The Labute approximate surface area is 163 Å². The van der Waals surface area contributed by atoms with Crippen LogP contribution in [0.2, 0.25) is 0 Å². The number of aryl methyl sites for hydroxylation is 1. The zero-order chi connectivity index (χ0) is 20.4. The molecule has 1 N–H and O–H groups in total. The molecule has 9 heteroatoms. The molecule has 3 rings (SSSR count). The summed E-state index contributed by atoms with van der Waals surface area (Å²) >= 11 is 0. The molecule has 154 valence electrons. The van der Waals surface area contributed by atoms with E-state index in [9.17, 15) is 17.2 Å². The second kappa shape index (κ2) is 8.16. The number of sulfonamides is 1. The first-order valence-corrected chi connectivity index (χ1v) is 10.9. The molecule has 28 heavy (non-hydrogen) atoms. The van der Waals surface area contributed by atoms with Gasteiger partial charge in [-0.05, 0) is 50.1 Å². The average molecular weight is 413 g/mol. The van der Waals surface area contributed by atoms with E-state index in [0.29, 0.717) is 5.75 Å². The summed E-state index contributed by atoms with van der Waals surface area (Å²) in [7, 11) is -3.47. The van der Waals surface area contributed by atoms with Gasteiger partial charge in [0.1, 0.15) is 5.75 Å². The van der Waals surface area contributed by atoms with E-state index >= 15 is 0 Å². The highest BCUT2D eigenvalue weighted by Crippen LogP contribution is 2.37. The van der Waals surface area contributed by atoms with Crippen LogP contribution in [0.15, 0.2) is 36.7 Å². The van der Waals surface area contributed by atoms with Crippen molar-refractivity contribution in [1.29, 1.82) is 0 Å². The average Bonchev–Trinajstić information content (AvgIpc) is 3.08. The van der Waals surface area contributed by atoms with Crippen molar-refractivity contribution in [2.75, 3.05) is 12.4 Å². The number of rotatable bonds is 7. The van der Waals surface area contributed by atoms with Gasteiger partial charge in [0.15, 0.2) is 0 Å². The van der Waals surface area contributed by atoms with Gasteiger partial charge in [0.25, 0.3) is 0 Å². The van der Waals surface area contributed by atoms with E-state index in [1.54, 1.807) is 23.0 Å². The van der Waals surface area contributed by atoms with Gasteiger partial charge in [0, 0.05) is 31.0 Å². The van der Waals surface area contributed by atoms with E-state index in [-0.39, 0.29) is 25.2 Å². The molecule has 2 aromatic rings. The van der Waals surface area contributed by atoms with E-state index in [1.165, 1.54) is 6.92 Å². The molecule has 0 bridgehead atoms. The Morgan fingerprint density at radius 1 is 1.32 bits per heavy atom. The highest BCUT2D eigenvalue weighted by atomic mass is 32.2. The first-order valence-electron chi connectivity index (χ1n) is 9.30. The van der Waals surface area contributed by atoms with Crippen molar-refractivity contribution in [3.8, 4) is 11.4 Å². The highest BCUT2D eigenvalue weighted by Gasteiger charge is 2.42. The summed E-state index contributed by atoms with van der Waals surface area (Å²) in [6.07, 6.45) is 3.03. The molecule has 0 unspecified atom stereocenters. The van der Waals surface area contributed by atoms with Crippen molar-refractivity contribution >= 4 is 10.0 Å². The minimum Gasteiger partial charge on any atom is -0.493 e. The van der Waals surface area contributed by atoms with Gasteiger partial charge in [-0.1, -0.05) is 0 Å². The molecule has 0 aliphatic heterocycles. The lowest BCUT2D eigenvalue weighted by Crippen LogP contribution is -2.48. The minimum absolute atomic E-state index is 0.0206. The number of hydrogen-bond donors (Lipinski definition) is 1. The monoisotopic (exact) mass is 413 g/mol. The van der Waals surface area contributed by atoms with Crippen molar-refractivity contribution in [1.82, 2.24) is 14.5 Å². The molecule has 0 spiro atoms. The summed E-state index contributed by atoms with van der Waals surface area (Å²) in [4.78, 5) is 0. The lowest BCUT2D eigenvalue weighted by Gasteiger charge is -2.36. The lowest BCUT2D eigenvalue weighted by molar-refractivity contribution is -0.0660.